The second-order valence-electron chi connectivity index (χ2n) is 9.36. The summed E-state index contributed by atoms with van der Waals surface area (Å²) in [6.45, 7) is 5.85. The van der Waals surface area contributed by atoms with Crippen molar-refractivity contribution in [2.75, 3.05) is 20.8 Å². The normalized spacial score (nSPS) is 14.2. The van der Waals surface area contributed by atoms with Crippen LogP contribution in [0.4, 0.5) is 0 Å². The lowest BCUT2D eigenvalue weighted by atomic mass is 9.89. The molecule has 35 heavy (non-hydrogen) atoms. The van der Waals surface area contributed by atoms with Gasteiger partial charge in [-0.2, -0.15) is 0 Å². The molecule has 188 valence electrons. The molecule has 6 nitrogen and oxygen atoms in total. The molecule has 1 N–H and O–H groups in total. The smallest absolute Gasteiger partial charge is 0.253 e. The average Bonchev–Trinajstić information content (AvgIpc) is 3.49. The van der Waals surface area contributed by atoms with E-state index in [2.05, 4.69) is 29.1 Å². The van der Waals surface area contributed by atoms with Crippen LogP contribution in [0.25, 0.3) is 22.0 Å². The Morgan fingerprint density at radius 3 is 2.63 bits per heavy atom. The van der Waals surface area contributed by atoms with Crippen LogP contribution >= 0.6 is 11.3 Å². The van der Waals surface area contributed by atoms with Gasteiger partial charge >= 0.3 is 0 Å². The summed E-state index contributed by atoms with van der Waals surface area (Å²) >= 11 is 1.60. The summed E-state index contributed by atoms with van der Waals surface area (Å²) in [6, 6.07) is 7.90. The Bertz CT molecular complexity index is 1140. The van der Waals surface area contributed by atoms with Crippen LogP contribution in [0.2, 0.25) is 0 Å². The number of unbranched alkanes of at least 4 members (excludes halogenated alkanes) is 1. The zero-order chi connectivity index (χ0) is 24.8. The van der Waals surface area contributed by atoms with Gasteiger partial charge in [-0.1, -0.05) is 32.6 Å². The number of rotatable bonds is 10. The molecule has 0 saturated heterocycles. The number of benzene rings is 1. The number of carbonyl (C=O) groups excluding carboxylic acids is 1. The maximum absolute atomic E-state index is 13.0. The minimum atomic E-state index is 0.00920. The maximum atomic E-state index is 13.0. The van der Waals surface area contributed by atoms with Gasteiger partial charge in [0.25, 0.3) is 5.91 Å². The highest BCUT2D eigenvalue weighted by Crippen LogP contribution is 2.37. The minimum absolute atomic E-state index is 0.00920. The molecule has 0 atom stereocenters. The molecule has 7 heteroatoms. The van der Waals surface area contributed by atoms with Gasteiger partial charge in [-0.15, -0.1) is 11.3 Å². The van der Waals surface area contributed by atoms with Crippen LogP contribution in [0.3, 0.4) is 0 Å². The van der Waals surface area contributed by atoms with Gasteiger partial charge in [0.15, 0.2) is 11.5 Å². The summed E-state index contributed by atoms with van der Waals surface area (Å²) in [6.07, 6.45) is 8.48. The third-order valence-corrected chi connectivity index (χ3v) is 7.88. The minimum Gasteiger partial charge on any atom is -0.493 e. The van der Waals surface area contributed by atoms with Crippen molar-refractivity contribution in [2.45, 2.75) is 65.3 Å². The van der Waals surface area contributed by atoms with Crippen LogP contribution in [-0.4, -0.2) is 36.2 Å². The van der Waals surface area contributed by atoms with Gasteiger partial charge in [0.1, 0.15) is 5.01 Å². The topological polar surface area (TPSA) is 65.4 Å². The number of amides is 1. The number of methoxy groups -OCH3 is 2. The van der Waals surface area contributed by atoms with Crippen LogP contribution in [0.1, 0.15) is 67.9 Å². The highest BCUT2D eigenvalue weighted by Gasteiger charge is 2.23. The Morgan fingerprint density at radius 2 is 1.91 bits per heavy atom. The first-order valence-corrected chi connectivity index (χ1v) is 13.6. The fourth-order valence-electron chi connectivity index (χ4n) is 4.92. The van der Waals surface area contributed by atoms with E-state index in [1.807, 2.05) is 24.3 Å². The summed E-state index contributed by atoms with van der Waals surface area (Å²) in [7, 11) is 3.28. The number of aromatic nitrogens is 2. The van der Waals surface area contributed by atoms with Crippen LogP contribution < -0.4 is 14.8 Å². The Morgan fingerprint density at radius 1 is 1.14 bits per heavy atom. The molecule has 0 bridgehead atoms. The van der Waals surface area contributed by atoms with E-state index < -0.39 is 0 Å². The number of thiazole rings is 1. The summed E-state index contributed by atoms with van der Waals surface area (Å²) in [5, 5.41) is 6.10. The van der Waals surface area contributed by atoms with Gasteiger partial charge in [0, 0.05) is 29.7 Å². The van der Waals surface area contributed by atoms with E-state index in [0.717, 1.165) is 52.6 Å². The van der Waals surface area contributed by atoms with Gasteiger partial charge in [-0.25, -0.2) is 4.98 Å². The molecule has 0 spiro atoms. The number of nitrogens with one attached hydrogen (secondary N) is 1. The maximum Gasteiger partial charge on any atom is 0.253 e. The third kappa shape index (κ3) is 5.72. The summed E-state index contributed by atoms with van der Waals surface area (Å²) in [4.78, 5) is 18.0. The van der Waals surface area contributed by atoms with Crippen LogP contribution in [0.5, 0.6) is 11.5 Å². The van der Waals surface area contributed by atoms with Crippen molar-refractivity contribution in [3.05, 3.63) is 40.9 Å². The number of hydrogen-bond donors (Lipinski definition) is 1. The molecule has 3 aromatic rings. The second kappa shape index (κ2) is 11.8. The van der Waals surface area contributed by atoms with Crippen molar-refractivity contribution in [2.24, 2.45) is 5.92 Å². The molecular weight excluding hydrogens is 458 g/mol. The zero-order valence-corrected chi connectivity index (χ0v) is 22.2. The van der Waals surface area contributed by atoms with Gasteiger partial charge in [-0.05, 0) is 56.4 Å². The van der Waals surface area contributed by atoms with Crippen LogP contribution in [0.15, 0.2) is 29.6 Å². The van der Waals surface area contributed by atoms with Gasteiger partial charge < -0.3 is 19.4 Å². The predicted molar refractivity (Wildman–Crippen MR) is 143 cm³/mol. The Hall–Kier alpha value is -2.80. The molecule has 1 fully saturated rings. The fourth-order valence-corrected chi connectivity index (χ4v) is 5.73. The SMILES string of the molecule is CCCCNC(=O)c1cc(-c2csc(-c3ccc(OC)c(OC)c3)n2)n(CC2CCCCC2)c1C. The van der Waals surface area contributed by atoms with Crippen molar-refractivity contribution in [3.8, 4) is 33.5 Å². The van der Waals surface area contributed by atoms with Gasteiger partial charge in [-0.3, -0.25) is 4.79 Å². The molecule has 1 amide bonds. The van der Waals surface area contributed by atoms with E-state index in [1.165, 1.54) is 32.1 Å². The van der Waals surface area contributed by atoms with Gasteiger partial charge in [0.05, 0.1) is 31.2 Å². The average molecular weight is 496 g/mol. The lowest BCUT2D eigenvalue weighted by molar-refractivity contribution is 0.0952. The summed E-state index contributed by atoms with van der Waals surface area (Å²) in [5.74, 6) is 2.04. The predicted octanol–water partition coefficient (Wildman–Crippen LogP) is 6.71. The molecule has 0 unspecified atom stereocenters. The number of carbonyl (C=O) groups is 1. The first-order valence-electron chi connectivity index (χ1n) is 12.7. The standard InChI is InChI=1S/C28H37N3O3S/c1-5-6-14-29-27(32)22-16-24(31(19(22)2)17-20-10-8-7-9-11-20)23-18-35-28(30-23)21-12-13-25(33-3)26(15-21)34-4/h12-13,15-16,18,20H,5-11,14,17H2,1-4H3,(H,29,32). The number of hydrogen-bond acceptors (Lipinski definition) is 5. The lowest BCUT2D eigenvalue weighted by Gasteiger charge is -2.24. The van der Waals surface area contributed by atoms with Crippen LogP contribution in [-0.2, 0) is 6.54 Å². The number of nitrogens with zero attached hydrogens (tertiary/aromatic N) is 2. The number of ether oxygens (including phenoxy) is 2. The van der Waals surface area contributed by atoms with E-state index in [0.29, 0.717) is 24.0 Å². The quantitative estimate of drug-likeness (QED) is 0.317. The third-order valence-electron chi connectivity index (χ3n) is 6.99. The zero-order valence-electron chi connectivity index (χ0n) is 21.4. The molecular formula is C28H37N3O3S. The van der Waals surface area contributed by atoms with Crippen molar-refractivity contribution in [1.82, 2.24) is 14.9 Å². The van der Waals surface area contributed by atoms with Crippen LogP contribution in [0, 0.1) is 12.8 Å². The molecule has 4 rings (SSSR count). The van der Waals surface area contributed by atoms with E-state index in [-0.39, 0.29) is 5.91 Å². The van der Waals surface area contributed by atoms with E-state index >= 15 is 0 Å². The first-order chi connectivity index (χ1) is 17.0. The highest BCUT2D eigenvalue weighted by atomic mass is 32.1. The molecule has 1 aliphatic rings. The van der Waals surface area contributed by atoms with Gasteiger partial charge in [0.2, 0.25) is 0 Å². The highest BCUT2D eigenvalue weighted by molar-refractivity contribution is 7.13. The summed E-state index contributed by atoms with van der Waals surface area (Å²) < 4.78 is 13.2. The summed E-state index contributed by atoms with van der Waals surface area (Å²) in [5.41, 5.74) is 4.70. The van der Waals surface area contributed by atoms with Crippen molar-refractivity contribution >= 4 is 17.2 Å². The monoisotopic (exact) mass is 495 g/mol. The second-order valence-corrected chi connectivity index (χ2v) is 10.2. The van der Waals surface area contributed by atoms with E-state index in [9.17, 15) is 4.79 Å². The molecule has 0 aliphatic heterocycles. The lowest BCUT2D eigenvalue weighted by Crippen LogP contribution is -2.25. The van der Waals surface area contributed by atoms with Crippen molar-refractivity contribution in [1.29, 1.82) is 0 Å². The van der Waals surface area contributed by atoms with E-state index in [1.54, 1.807) is 25.6 Å². The molecule has 0 radical (unpaired) electrons. The Balaban J connectivity index is 1.68. The largest absolute Gasteiger partial charge is 0.493 e. The fraction of sp³-hybridized carbons (Fsp3) is 0.500. The van der Waals surface area contributed by atoms with Crippen molar-refractivity contribution < 1.29 is 14.3 Å². The van der Waals surface area contributed by atoms with Crippen molar-refractivity contribution in [3.63, 3.8) is 0 Å². The molecule has 1 aromatic carbocycles. The molecule has 2 aromatic heterocycles. The molecule has 1 aliphatic carbocycles. The Kier molecular flexibility index (Phi) is 8.50. The first kappa shape index (κ1) is 25.3. The Labute approximate surface area is 212 Å². The van der Waals surface area contributed by atoms with E-state index in [4.69, 9.17) is 14.5 Å². The molecule has 1 saturated carbocycles. The molecule has 2 heterocycles.